The molecule has 0 radical (unpaired) electrons. The Morgan fingerprint density at radius 2 is 2.03 bits per heavy atom. The van der Waals surface area contributed by atoms with Crippen molar-refractivity contribution in [3.8, 4) is 0 Å². The normalized spacial score (nSPS) is 13.8. The first kappa shape index (κ1) is 21.9. The number of nitrogens with one attached hydrogen (secondary N) is 2. The monoisotopic (exact) mass is 430 g/mol. The highest BCUT2D eigenvalue weighted by Gasteiger charge is 2.17. The highest BCUT2D eigenvalue weighted by Crippen LogP contribution is 2.22. The predicted molar refractivity (Wildman–Crippen MR) is 127 cm³/mol. The van der Waals surface area contributed by atoms with Gasteiger partial charge >= 0.3 is 0 Å². The van der Waals surface area contributed by atoms with Crippen LogP contribution in [0.5, 0.6) is 0 Å². The number of fused-ring (bicyclic) bond motifs is 2. The molecule has 3 aromatic rings. The summed E-state index contributed by atoms with van der Waals surface area (Å²) < 4.78 is 0. The number of hydrogen-bond acceptors (Lipinski definition) is 5. The molecule has 0 bridgehead atoms. The zero-order valence-corrected chi connectivity index (χ0v) is 18.6. The minimum absolute atomic E-state index is 0.0375. The first-order valence-corrected chi connectivity index (χ1v) is 11.4. The minimum atomic E-state index is -0.356. The molecule has 2 N–H and O–H groups in total. The molecular weight excluding hydrogens is 400 g/mol. The van der Waals surface area contributed by atoms with Gasteiger partial charge in [0.1, 0.15) is 11.6 Å². The van der Waals surface area contributed by atoms with E-state index in [1.54, 1.807) is 13.1 Å². The summed E-state index contributed by atoms with van der Waals surface area (Å²) in [5.41, 5.74) is 4.11. The Morgan fingerprint density at radius 3 is 2.91 bits per heavy atom. The Morgan fingerprint density at radius 1 is 1.16 bits per heavy atom. The molecule has 1 aromatic carbocycles. The number of pyridine rings is 2. The van der Waals surface area contributed by atoms with E-state index in [2.05, 4.69) is 27.8 Å². The largest absolute Gasteiger partial charge is 0.370 e. The molecule has 0 saturated heterocycles. The fraction of sp³-hybridized carbons (Fsp3) is 0.385. The molecule has 4 rings (SSSR count). The number of carbonyl (C=O) groups is 2. The maximum absolute atomic E-state index is 12.6. The molecule has 2 aromatic heterocycles. The van der Waals surface area contributed by atoms with Gasteiger partial charge in [0.25, 0.3) is 0 Å². The Balaban J connectivity index is 1.30. The molecule has 0 spiro atoms. The van der Waals surface area contributed by atoms with Crippen LogP contribution in [0.1, 0.15) is 61.9 Å². The van der Waals surface area contributed by atoms with Gasteiger partial charge in [0, 0.05) is 36.7 Å². The molecule has 32 heavy (non-hydrogen) atoms. The number of amides is 1. The molecule has 1 amide bonds. The number of unbranched alkanes of at least 4 members (excludes halogenated alkanes) is 1. The number of aryl methyl sites for hydroxylation is 2. The Bertz CT molecular complexity index is 1110. The maximum atomic E-state index is 12.6. The smallest absolute Gasteiger partial charge is 0.220 e. The van der Waals surface area contributed by atoms with Crippen molar-refractivity contribution >= 4 is 28.4 Å². The molecule has 1 aliphatic heterocycles. The fourth-order valence-electron chi connectivity index (χ4n) is 4.18. The summed E-state index contributed by atoms with van der Waals surface area (Å²) in [4.78, 5) is 33.6. The molecule has 1 atom stereocenters. The molecule has 0 fully saturated rings. The van der Waals surface area contributed by atoms with Crippen molar-refractivity contribution in [2.24, 2.45) is 0 Å². The van der Waals surface area contributed by atoms with E-state index in [9.17, 15) is 9.59 Å². The van der Waals surface area contributed by atoms with Gasteiger partial charge in [-0.2, -0.15) is 0 Å². The predicted octanol–water partition coefficient (Wildman–Crippen LogP) is 4.54. The first-order chi connectivity index (χ1) is 15.6. The number of para-hydroxylation sites is 1. The number of ketones is 1. The molecule has 3 heterocycles. The summed E-state index contributed by atoms with van der Waals surface area (Å²) in [6, 6.07) is 13.8. The Hall–Kier alpha value is -3.28. The molecule has 166 valence electrons. The zero-order valence-electron chi connectivity index (χ0n) is 18.6. The zero-order chi connectivity index (χ0) is 22.3. The van der Waals surface area contributed by atoms with Crippen LogP contribution in [-0.2, 0) is 22.4 Å². The summed E-state index contributed by atoms with van der Waals surface area (Å²) in [5, 5.41) is 7.41. The van der Waals surface area contributed by atoms with Gasteiger partial charge in [0.2, 0.25) is 5.91 Å². The third-order valence-electron chi connectivity index (χ3n) is 5.88. The molecule has 1 unspecified atom stereocenters. The average Bonchev–Trinajstić information content (AvgIpc) is 2.80. The molecule has 0 aliphatic carbocycles. The third-order valence-corrected chi connectivity index (χ3v) is 5.88. The lowest BCUT2D eigenvalue weighted by molar-refractivity contribution is -0.122. The third kappa shape index (κ3) is 5.69. The molecule has 6 nitrogen and oxygen atoms in total. The second kappa shape index (κ2) is 10.4. The van der Waals surface area contributed by atoms with Crippen LogP contribution < -0.4 is 10.6 Å². The van der Waals surface area contributed by atoms with Crippen molar-refractivity contribution in [3.05, 3.63) is 65.5 Å². The number of hydrogen-bond donors (Lipinski definition) is 2. The maximum Gasteiger partial charge on any atom is 0.220 e. The fourth-order valence-corrected chi connectivity index (χ4v) is 4.18. The molecular formula is C26H30N4O2. The number of anilines is 1. The van der Waals surface area contributed by atoms with Crippen LogP contribution in [0.15, 0.2) is 48.7 Å². The van der Waals surface area contributed by atoms with Gasteiger partial charge in [-0.1, -0.05) is 24.3 Å². The number of nitrogens with zero attached hydrogens (tertiary/aromatic N) is 2. The number of benzene rings is 1. The number of Topliss-reactive ketones (excluding diaryl/α,β-unsaturated/α-hetero) is 1. The average molecular weight is 431 g/mol. The highest BCUT2D eigenvalue weighted by atomic mass is 16.1. The summed E-state index contributed by atoms with van der Waals surface area (Å²) in [6.45, 7) is 2.53. The van der Waals surface area contributed by atoms with E-state index in [0.29, 0.717) is 6.42 Å². The lowest BCUT2D eigenvalue weighted by atomic mass is 10.0. The van der Waals surface area contributed by atoms with Crippen LogP contribution in [0, 0.1) is 0 Å². The van der Waals surface area contributed by atoms with Crippen molar-refractivity contribution in [1.82, 2.24) is 15.3 Å². The van der Waals surface area contributed by atoms with E-state index in [-0.39, 0.29) is 24.2 Å². The van der Waals surface area contributed by atoms with E-state index in [0.717, 1.165) is 66.6 Å². The SMILES string of the molecule is CC(=O)CC(NC(=O)CCCCc1ccc2c(n1)NCCC2)c1cnc2ccccc2c1. The highest BCUT2D eigenvalue weighted by molar-refractivity contribution is 5.82. The van der Waals surface area contributed by atoms with E-state index in [1.165, 1.54) is 5.56 Å². The van der Waals surface area contributed by atoms with E-state index >= 15 is 0 Å². The van der Waals surface area contributed by atoms with Crippen molar-refractivity contribution in [3.63, 3.8) is 0 Å². The quantitative estimate of drug-likeness (QED) is 0.487. The molecule has 1 aliphatic rings. The topological polar surface area (TPSA) is 84.0 Å². The first-order valence-electron chi connectivity index (χ1n) is 11.4. The summed E-state index contributed by atoms with van der Waals surface area (Å²) >= 11 is 0. The van der Waals surface area contributed by atoms with E-state index in [4.69, 9.17) is 4.98 Å². The van der Waals surface area contributed by atoms with Gasteiger partial charge in [-0.3, -0.25) is 14.6 Å². The van der Waals surface area contributed by atoms with Crippen LogP contribution >= 0.6 is 0 Å². The second-order valence-corrected chi connectivity index (χ2v) is 8.54. The lowest BCUT2D eigenvalue weighted by Crippen LogP contribution is -2.29. The van der Waals surface area contributed by atoms with Gasteiger partial charge in [0.05, 0.1) is 11.6 Å². The van der Waals surface area contributed by atoms with Crippen LogP contribution in [0.25, 0.3) is 10.9 Å². The van der Waals surface area contributed by atoms with Gasteiger partial charge in [-0.05, 0) is 68.4 Å². The van der Waals surface area contributed by atoms with Crippen LogP contribution in [0.4, 0.5) is 5.82 Å². The van der Waals surface area contributed by atoms with Gasteiger partial charge < -0.3 is 10.6 Å². The molecule has 0 saturated carbocycles. The van der Waals surface area contributed by atoms with E-state index < -0.39 is 0 Å². The second-order valence-electron chi connectivity index (χ2n) is 8.54. The van der Waals surface area contributed by atoms with Crippen LogP contribution in [0.2, 0.25) is 0 Å². The number of rotatable bonds is 9. The summed E-state index contributed by atoms with van der Waals surface area (Å²) in [6.07, 6.45) is 7.22. The van der Waals surface area contributed by atoms with Crippen molar-refractivity contribution in [2.75, 3.05) is 11.9 Å². The number of aromatic nitrogens is 2. The standard InChI is InChI=1S/C26H30N4O2/c1-18(31)15-24(21-16-20-7-2-4-10-23(20)28-17-21)30-25(32)11-5-3-9-22-13-12-19-8-6-14-27-26(19)29-22/h2,4,7,10,12-13,16-17,24H,3,5-6,8-9,11,14-15H2,1H3,(H,27,29)(H,30,32). The van der Waals surface area contributed by atoms with Crippen molar-refractivity contribution < 1.29 is 9.59 Å². The Labute approximate surface area is 188 Å². The van der Waals surface area contributed by atoms with Gasteiger partial charge in [0.15, 0.2) is 0 Å². The molecule has 6 heteroatoms. The van der Waals surface area contributed by atoms with Crippen LogP contribution in [0.3, 0.4) is 0 Å². The van der Waals surface area contributed by atoms with Crippen LogP contribution in [-0.4, -0.2) is 28.2 Å². The van der Waals surface area contributed by atoms with Gasteiger partial charge in [-0.25, -0.2) is 4.98 Å². The number of carbonyl (C=O) groups excluding carboxylic acids is 2. The van der Waals surface area contributed by atoms with Crippen molar-refractivity contribution in [2.45, 2.75) is 57.9 Å². The lowest BCUT2D eigenvalue weighted by Gasteiger charge is -2.18. The minimum Gasteiger partial charge on any atom is -0.370 e. The summed E-state index contributed by atoms with van der Waals surface area (Å²) in [7, 11) is 0. The van der Waals surface area contributed by atoms with Gasteiger partial charge in [-0.15, -0.1) is 0 Å². The summed E-state index contributed by atoms with van der Waals surface area (Å²) in [5.74, 6) is 1.02. The van der Waals surface area contributed by atoms with Crippen molar-refractivity contribution in [1.29, 1.82) is 0 Å². The Kier molecular flexibility index (Phi) is 7.10. The van der Waals surface area contributed by atoms with E-state index in [1.807, 2.05) is 30.3 Å².